The van der Waals surface area contributed by atoms with Gasteiger partial charge in [-0.25, -0.2) is 4.79 Å². The Kier molecular flexibility index (Phi) is 3.14. The number of nitrogens with zero attached hydrogens (tertiary/aromatic N) is 2. The minimum atomic E-state index is -0.864. The van der Waals surface area contributed by atoms with Crippen LogP contribution in [-0.4, -0.2) is 38.6 Å². The molecule has 1 aliphatic heterocycles. The number of rotatable bonds is 2. The van der Waals surface area contributed by atoms with Crippen LogP contribution in [0.15, 0.2) is 17.1 Å². The molecule has 0 aliphatic carbocycles. The lowest BCUT2D eigenvalue weighted by atomic mass is 9.84. The van der Waals surface area contributed by atoms with E-state index in [1.54, 1.807) is 13.8 Å². The second-order valence-electron chi connectivity index (χ2n) is 5.02. The van der Waals surface area contributed by atoms with E-state index in [0.29, 0.717) is 0 Å². The van der Waals surface area contributed by atoms with E-state index in [9.17, 15) is 9.90 Å². The molecule has 1 aliphatic rings. The number of ether oxygens (including phenoxy) is 1. The minimum absolute atomic E-state index is 0.131. The quantitative estimate of drug-likeness (QED) is 0.631. The van der Waals surface area contributed by atoms with E-state index in [2.05, 4.69) is 4.98 Å². The molecule has 0 bridgehead atoms. The monoisotopic (exact) mass is 255 g/mol. The Morgan fingerprint density at radius 1 is 1.61 bits per heavy atom. The Labute approximate surface area is 104 Å². The van der Waals surface area contributed by atoms with Crippen LogP contribution in [-0.2, 0) is 4.74 Å². The van der Waals surface area contributed by atoms with Crippen molar-refractivity contribution in [2.24, 2.45) is 5.41 Å². The van der Waals surface area contributed by atoms with Crippen LogP contribution in [0.1, 0.15) is 20.1 Å². The molecule has 2 rings (SSSR count). The molecule has 100 valence electrons. The van der Waals surface area contributed by atoms with Gasteiger partial charge in [-0.15, -0.1) is 0 Å². The summed E-state index contributed by atoms with van der Waals surface area (Å²) in [6, 6.07) is 1.49. The lowest BCUT2D eigenvalue weighted by molar-refractivity contribution is -0.0529. The maximum absolute atomic E-state index is 11.8. The van der Waals surface area contributed by atoms with Crippen LogP contribution < -0.4 is 11.4 Å². The van der Waals surface area contributed by atoms with Crippen LogP contribution in [0.5, 0.6) is 0 Å². The van der Waals surface area contributed by atoms with Gasteiger partial charge >= 0.3 is 5.69 Å². The van der Waals surface area contributed by atoms with Crippen LogP contribution in [0.25, 0.3) is 0 Å². The van der Waals surface area contributed by atoms with Crippen LogP contribution in [0, 0.1) is 5.41 Å². The number of aliphatic hydroxyl groups excluding tert-OH is 2. The summed E-state index contributed by atoms with van der Waals surface area (Å²) in [5.74, 6) is 0.131. The maximum Gasteiger partial charge on any atom is 0.351 e. The van der Waals surface area contributed by atoms with Gasteiger partial charge in [-0.3, -0.25) is 4.57 Å². The van der Waals surface area contributed by atoms with Crippen molar-refractivity contribution in [3.8, 4) is 0 Å². The molecule has 0 saturated carbocycles. The van der Waals surface area contributed by atoms with Gasteiger partial charge in [0.1, 0.15) is 18.1 Å². The van der Waals surface area contributed by atoms with E-state index in [-0.39, 0.29) is 12.4 Å². The standard InChI is InChI=1S/C11H17N3O4/c1-11(2)8(16)6(5-15)18-9(11)14-4-3-7(12)13-10(14)17/h3-4,6,8-9,15-16H,5H2,1-2H3,(H2,12,13,17)/t6-,8-,9+/m1/s1. The molecule has 0 aromatic carbocycles. The molecule has 7 heteroatoms. The van der Waals surface area contributed by atoms with Crippen molar-refractivity contribution >= 4 is 5.82 Å². The van der Waals surface area contributed by atoms with Crippen molar-refractivity contribution < 1.29 is 14.9 Å². The summed E-state index contributed by atoms with van der Waals surface area (Å²) in [5, 5.41) is 19.2. The molecule has 2 heterocycles. The zero-order valence-corrected chi connectivity index (χ0v) is 10.3. The Balaban J connectivity index is 2.42. The van der Waals surface area contributed by atoms with Gasteiger partial charge in [-0.1, -0.05) is 13.8 Å². The number of hydrogen-bond donors (Lipinski definition) is 3. The fourth-order valence-corrected chi connectivity index (χ4v) is 2.21. The number of nitrogen functional groups attached to an aromatic ring is 1. The maximum atomic E-state index is 11.8. The van der Waals surface area contributed by atoms with Gasteiger partial charge in [-0.2, -0.15) is 4.98 Å². The molecule has 0 unspecified atom stereocenters. The van der Waals surface area contributed by atoms with Crippen molar-refractivity contribution in [3.63, 3.8) is 0 Å². The fraction of sp³-hybridized carbons (Fsp3) is 0.636. The summed E-state index contributed by atoms with van der Waals surface area (Å²) < 4.78 is 6.80. The first kappa shape index (κ1) is 13.0. The number of hydrogen-bond acceptors (Lipinski definition) is 6. The third-order valence-corrected chi connectivity index (χ3v) is 3.34. The lowest BCUT2D eigenvalue weighted by Crippen LogP contribution is -2.38. The fourth-order valence-electron chi connectivity index (χ4n) is 2.21. The summed E-state index contributed by atoms with van der Waals surface area (Å²) in [4.78, 5) is 15.4. The first-order chi connectivity index (χ1) is 8.37. The van der Waals surface area contributed by atoms with Gasteiger partial charge in [0.05, 0.1) is 12.7 Å². The summed E-state index contributed by atoms with van der Waals surface area (Å²) in [6.07, 6.45) is -0.791. The van der Waals surface area contributed by atoms with Crippen molar-refractivity contribution in [3.05, 3.63) is 22.7 Å². The van der Waals surface area contributed by atoms with Gasteiger partial charge in [0.15, 0.2) is 0 Å². The van der Waals surface area contributed by atoms with Crippen molar-refractivity contribution in [1.29, 1.82) is 0 Å². The van der Waals surface area contributed by atoms with Crippen LogP contribution in [0.2, 0.25) is 0 Å². The smallest absolute Gasteiger partial charge is 0.351 e. The number of aliphatic hydroxyl groups is 2. The van der Waals surface area contributed by atoms with Gasteiger partial charge in [-0.05, 0) is 6.07 Å². The molecule has 3 atom stereocenters. The summed E-state index contributed by atoms with van der Waals surface area (Å²) in [7, 11) is 0. The molecule has 1 aromatic heterocycles. The second kappa shape index (κ2) is 4.34. The van der Waals surface area contributed by atoms with Gasteiger partial charge < -0.3 is 20.7 Å². The zero-order chi connectivity index (χ0) is 13.5. The number of aromatic nitrogens is 2. The topological polar surface area (TPSA) is 111 Å². The van der Waals surface area contributed by atoms with Crippen molar-refractivity contribution in [2.45, 2.75) is 32.3 Å². The van der Waals surface area contributed by atoms with E-state index >= 15 is 0 Å². The Bertz CT molecular complexity index is 499. The van der Waals surface area contributed by atoms with Gasteiger partial charge in [0, 0.05) is 11.6 Å². The first-order valence-electron chi connectivity index (χ1n) is 5.67. The van der Waals surface area contributed by atoms with Crippen LogP contribution >= 0.6 is 0 Å². The first-order valence-corrected chi connectivity index (χ1v) is 5.67. The molecule has 0 spiro atoms. The molecule has 0 amide bonds. The predicted molar refractivity (Wildman–Crippen MR) is 63.7 cm³/mol. The average molecular weight is 255 g/mol. The molecular weight excluding hydrogens is 238 g/mol. The van der Waals surface area contributed by atoms with E-state index < -0.39 is 29.5 Å². The van der Waals surface area contributed by atoms with Crippen molar-refractivity contribution in [2.75, 3.05) is 12.3 Å². The Morgan fingerprint density at radius 2 is 2.28 bits per heavy atom. The largest absolute Gasteiger partial charge is 0.394 e. The zero-order valence-electron chi connectivity index (χ0n) is 10.3. The van der Waals surface area contributed by atoms with E-state index in [1.807, 2.05) is 0 Å². The van der Waals surface area contributed by atoms with E-state index in [1.165, 1.54) is 16.8 Å². The molecule has 1 saturated heterocycles. The molecule has 4 N–H and O–H groups in total. The van der Waals surface area contributed by atoms with E-state index in [0.717, 1.165) is 0 Å². The molecule has 1 aromatic rings. The summed E-state index contributed by atoms with van der Waals surface area (Å²) in [6.45, 7) is 3.22. The molecular formula is C11H17N3O4. The Morgan fingerprint density at radius 3 is 2.78 bits per heavy atom. The summed E-state index contributed by atoms with van der Waals surface area (Å²) >= 11 is 0. The number of nitrogens with two attached hydrogens (primary N) is 1. The van der Waals surface area contributed by atoms with Crippen LogP contribution in [0.3, 0.4) is 0 Å². The highest BCUT2D eigenvalue weighted by Gasteiger charge is 2.50. The lowest BCUT2D eigenvalue weighted by Gasteiger charge is -2.28. The SMILES string of the molecule is CC1(C)[C@H](O)[C@@H](CO)O[C@@H]1n1ccc(N)nc1=O. The Hall–Kier alpha value is -1.44. The molecule has 0 radical (unpaired) electrons. The summed E-state index contributed by atoms with van der Waals surface area (Å²) in [5.41, 5.74) is 4.16. The minimum Gasteiger partial charge on any atom is -0.394 e. The number of anilines is 1. The van der Waals surface area contributed by atoms with Gasteiger partial charge in [0.25, 0.3) is 0 Å². The highest BCUT2D eigenvalue weighted by atomic mass is 16.5. The normalized spacial score (nSPS) is 30.6. The highest BCUT2D eigenvalue weighted by Crippen LogP contribution is 2.44. The van der Waals surface area contributed by atoms with Gasteiger partial charge in [0.2, 0.25) is 0 Å². The second-order valence-corrected chi connectivity index (χ2v) is 5.02. The van der Waals surface area contributed by atoms with E-state index in [4.69, 9.17) is 15.6 Å². The highest BCUT2D eigenvalue weighted by molar-refractivity contribution is 5.23. The average Bonchev–Trinajstić information content (AvgIpc) is 2.52. The molecule has 1 fully saturated rings. The van der Waals surface area contributed by atoms with Crippen LogP contribution in [0.4, 0.5) is 5.82 Å². The molecule has 18 heavy (non-hydrogen) atoms. The predicted octanol–water partition coefficient (Wildman–Crippen LogP) is -0.898. The third kappa shape index (κ3) is 1.90. The van der Waals surface area contributed by atoms with Crippen molar-refractivity contribution in [1.82, 2.24) is 9.55 Å². The third-order valence-electron chi connectivity index (χ3n) is 3.34. The molecule has 7 nitrogen and oxygen atoms in total.